The molecule has 2 aromatic carbocycles. The zero-order chi connectivity index (χ0) is 15.4. The molecule has 0 saturated carbocycles. The number of hydrogen-bond acceptors (Lipinski definition) is 2. The lowest BCUT2D eigenvalue weighted by Gasteiger charge is -2.02. The summed E-state index contributed by atoms with van der Waals surface area (Å²) in [6.07, 6.45) is 2.53. The molecule has 0 saturated heterocycles. The van der Waals surface area contributed by atoms with Crippen LogP contribution in [-0.4, -0.2) is 15.0 Å². The van der Waals surface area contributed by atoms with Gasteiger partial charge in [-0.05, 0) is 30.5 Å². The minimum atomic E-state index is -0.517. The quantitative estimate of drug-likeness (QED) is 0.723. The lowest BCUT2D eigenvalue weighted by molar-refractivity contribution is 0.554. The van der Waals surface area contributed by atoms with E-state index in [2.05, 4.69) is 10.3 Å². The highest BCUT2D eigenvalue weighted by Gasteiger charge is 2.10. The first-order valence-corrected chi connectivity index (χ1v) is 7.08. The third-order valence-corrected chi connectivity index (χ3v) is 3.47. The Bertz CT molecular complexity index is 733. The van der Waals surface area contributed by atoms with Crippen molar-refractivity contribution < 1.29 is 8.78 Å². The molecule has 3 aromatic rings. The molecule has 1 heterocycles. The zero-order valence-corrected chi connectivity index (χ0v) is 11.9. The molecule has 0 radical (unpaired) electrons. The van der Waals surface area contributed by atoms with Crippen LogP contribution in [0.4, 0.5) is 8.78 Å². The van der Waals surface area contributed by atoms with Gasteiger partial charge in [0.1, 0.15) is 11.6 Å². The molecule has 0 fully saturated rings. The molecule has 5 heteroatoms. The summed E-state index contributed by atoms with van der Waals surface area (Å²) in [7, 11) is 0. The van der Waals surface area contributed by atoms with Gasteiger partial charge in [-0.1, -0.05) is 41.6 Å². The van der Waals surface area contributed by atoms with Crippen molar-refractivity contribution in [2.75, 3.05) is 0 Å². The maximum absolute atomic E-state index is 13.6. The molecule has 0 aliphatic rings. The van der Waals surface area contributed by atoms with Crippen molar-refractivity contribution in [2.45, 2.75) is 19.4 Å². The highest BCUT2D eigenvalue weighted by atomic mass is 19.1. The first kappa shape index (κ1) is 14.4. The molecule has 0 aliphatic heterocycles. The van der Waals surface area contributed by atoms with Gasteiger partial charge in [-0.15, -0.1) is 5.10 Å². The van der Waals surface area contributed by atoms with E-state index >= 15 is 0 Å². The van der Waals surface area contributed by atoms with Crippen molar-refractivity contribution >= 4 is 0 Å². The van der Waals surface area contributed by atoms with Gasteiger partial charge in [0.15, 0.2) is 0 Å². The number of nitrogens with zero attached hydrogens (tertiary/aromatic N) is 3. The zero-order valence-electron chi connectivity index (χ0n) is 11.9. The van der Waals surface area contributed by atoms with Gasteiger partial charge in [0, 0.05) is 11.8 Å². The van der Waals surface area contributed by atoms with E-state index in [9.17, 15) is 8.78 Å². The normalized spacial score (nSPS) is 10.8. The standard InChI is InChI=1S/C17H15F2N3/c18-16-7-4-8-17(19)15(16)10-9-14-12-22(21-20-14)11-13-5-2-1-3-6-13/h1-8,12H,9-11H2. The lowest BCUT2D eigenvalue weighted by Crippen LogP contribution is -2.00. The van der Waals surface area contributed by atoms with Crippen LogP contribution in [0.2, 0.25) is 0 Å². The Kier molecular flexibility index (Phi) is 4.23. The van der Waals surface area contributed by atoms with Crippen molar-refractivity contribution in [3.63, 3.8) is 0 Å². The fourth-order valence-electron chi connectivity index (χ4n) is 2.33. The second-order valence-corrected chi connectivity index (χ2v) is 5.09. The first-order valence-electron chi connectivity index (χ1n) is 7.08. The molecular formula is C17H15F2N3. The van der Waals surface area contributed by atoms with E-state index < -0.39 is 11.6 Å². The highest BCUT2D eigenvalue weighted by Crippen LogP contribution is 2.14. The molecule has 0 spiro atoms. The van der Waals surface area contributed by atoms with E-state index in [-0.39, 0.29) is 12.0 Å². The predicted octanol–water partition coefficient (Wildman–Crippen LogP) is 3.39. The molecule has 0 unspecified atom stereocenters. The monoisotopic (exact) mass is 299 g/mol. The van der Waals surface area contributed by atoms with Crippen LogP contribution in [0.5, 0.6) is 0 Å². The minimum Gasteiger partial charge on any atom is -0.248 e. The van der Waals surface area contributed by atoms with Crippen LogP contribution in [-0.2, 0) is 19.4 Å². The summed E-state index contributed by atoms with van der Waals surface area (Å²) in [6, 6.07) is 13.8. The van der Waals surface area contributed by atoms with Crippen molar-refractivity contribution in [3.05, 3.63) is 83.2 Å². The Balaban J connectivity index is 1.65. The summed E-state index contributed by atoms with van der Waals surface area (Å²) in [5, 5.41) is 8.10. The molecule has 3 rings (SSSR count). The van der Waals surface area contributed by atoms with Crippen LogP contribution in [0.15, 0.2) is 54.7 Å². The highest BCUT2D eigenvalue weighted by molar-refractivity contribution is 5.21. The van der Waals surface area contributed by atoms with Gasteiger partial charge >= 0.3 is 0 Å². The Morgan fingerprint density at radius 2 is 1.59 bits per heavy atom. The van der Waals surface area contributed by atoms with Crippen molar-refractivity contribution in [1.82, 2.24) is 15.0 Å². The molecular weight excluding hydrogens is 284 g/mol. The number of aryl methyl sites for hydroxylation is 1. The number of rotatable bonds is 5. The Labute approximate surface area is 127 Å². The topological polar surface area (TPSA) is 30.7 Å². The molecule has 0 aliphatic carbocycles. The van der Waals surface area contributed by atoms with Gasteiger partial charge in [0.2, 0.25) is 0 Å². The number of aromatic nitrogens is 3. The fraction of sp³-hybridized carbons (Fsp3) is 0.176. The molecule has 3 nitrogen and oxygen atoms in total. The van der Waals surface area contributed by atoms with Gasteiger partial charge < -0.3 is 0 Å². The molecule has 0 atom stereocenters. The van der Waals surface area contributed by atoms with Gasteiger partial charge in [0.25, 0.3) is 0 Å². The van der Waals surface area contributed by atoms with E-state index in [1.807, 2.05) is 36.5 Å². The maximum atomic E-state index is 13.6. The summed E-state index contributed by atoms with van der Waals surface area (Å²) in [5.74, 6) is -1.03. The van der Waals surface area contributed by atoms with E-state index in [1.54, 1.807) is 4.68 Å². The van der Waals surface area contributed by atoms with Gasteiger partial charge in [-0.2, -0.15) is 0 Å². The van der Waals surface area contributed by atoms with Gasteiger partial charge in [-0.25, -0.2) is 13.5 Å². The van der Waals surface area contributed by atoms with E-state index in [0.717, 1.165) is 11.3 Å². The second-order valence-electron chi connectivity index (χ2n) is 5.09. The Morgan fingerprint density at radius 3 is 2.32 bits per heavy atom. The average Bonchev–Trinajstić information content (AvgIpc) is 2.95. The van der Waals surface area contributed by atoms with Crippen LogP contribution in [0.1, 0.15) is 16.8 Å². The third kappa shape index (κ3) is 3.36. The molecule has 112 valence electrons. The number of halogens is 2. The molecule has 0 bridgehead atoms. The van der Waals surface area contributed by atoms with Gasteiger partial charge in [-0.3, -0.25) is 0 Å². The van der Waals surface area contributed by atoms with Gasteiger partial charge in [0.05, 0.1) is 12.2 Å². The number of benzene rings is 2. The molecule has 1 aromatic heterocycles. The van der Waals surface area contributed by atoms with Crippen molar-refractivity contribution in [3.8, 4) is 0 Å². The van der Waals surface area contributed by atoms with Crippen LogP contribution < -0.4 is 0 Å². The summed E-state index contributed by atoms with van der Waals surface area (Å²) < 4.78 is 28.9. The van der Waals surface area contributed by atoms with Crippen molar-refractivity contribution in [1.29, 1.82) is 0 Å². The van der Waals surface area contributed by atoms with Crippen LogP contribution >= 0.6 is 0 Å². The summed E-state index contributed by atoms with van der Waals surface area (Å²) in [4.78, 5) is 0. The molecule has 0 amide bonds. The van der Waals surface area contributed by atoms with Crippen molar-refractivity contribution in [2.24, 2.45) is 0 Å². The number of hydrogen-bond donors (Lipinski definition) is 0. The minimum absolute atomic E-state index is 0.0973. The fourth-order valence-corrected chi connectivity index (χ4v) is 2.33. The van der Waals surface area contributed by atoms with Crippen LogP contribution in [0.25, 0.3) is 0 Å². The predicted molar refractivity (Wildman–Crippen MR) is 79.3 cm³/mol. The van der Waals surface area contributed by atoms with E-state index in [4.69, 9.17) is 0 Å². The second kappa shape index (κ2) is 6.47. The lowest BCUT2D eigenvalue weighted by atomic mass is 10.1. The molecule has 0 N–H and O–H groups in total. The SMILES string of the molecule is Fc1cccc(F)c1CCc1cn(Cc2ccccc2)nn1. The summed E-state index contributed by atoms with van der Waals surface area (Å²) in [6.45, 7) is 0.627. The molecule has 22 heavy (non-hydrogen) atoms. The smallest absolute Gasteiger partial charge is 0.129 e. The first-order chi connectivity index (χ1) is 10.7. The Morgan fingerprint density at radius 1 is 0.864 bits per heavy atom. The Hall–Kier alpha value is -2.56. The largest absolute Gasteiger partial charge is 0.248 e. The maximum Gasteiger partial charge on any atom is 0.129 e. The van der Waals surface area contributed by atoms with Crippen LogP contribution in [0, 0.1) is 11.6 Å². The van der Waals surface area contributed by atoms with Crippen LogP contribution in [0.3, 0.4) is 0 Å². The third-order valence-electron chi connectivity index (χ3n) is 3.47. The average molecular weight is 299 g/mol. The summed E-state index contributed by atoms with van der Waals surface area (Å²) >= 11 is 0. The van der Waals surface area contributed by atoms with E-state index in [0.29, 0.717) is 13.0 Å². The van der Waals surface area contributed by atoms with E-state index in [1.165, 1.54) is 18.2 Å². The summed E-state index contributed by atoms with van der Waals surface area (Å²) in [5.41, 5.74) is 1.94.